The summed E-state index contributed by atoms with van der Waals surface area (Å²) in [4.78, 5) is 19.2. The largest absolute Gasteiger partial charge is 0.382 e. The van der Waals surface area contributed by atoms with Gasteiger partial charge in [-0.2, -0.15) is 13.4 Å². The van der Waals surface area contributed by atoms with E-state index < -0.39 is 22.0 Å². The van der Waals surface area contributed by atoms with Crippen LogP contribution in [0.4, 0.5) is 26.5 Å². The smallest absolute Gasteiger partial charge is 0.340 e. The molecule has 0 spiro atoms. The van der Waals surface area contributed by atoms with E-state index >= 15 is 0 Å². The van der Waals surface area contributed by atoms with Crippen molar-refractivity contribution in [1.82, 2.24) is 9.97 Å². The van der Waals surface area contributed by atoms with Crippen molar-refractivity contribution < 1.29 is 21.8 Å². The molecule has 4 aromatic rings. The van der Waals surface area contributed by atoms with Crippen molar-refractivity contribution in [3.8, 4) is 5.75 Å². The number of rotatable bonds is 8. The summed E-state index contributed by atoms with van der Waals surface area (Å²) in [6, 6.07) is 16.1. The minimum atomic E-state index is -4.10. The zero-order chi connectivity index (χ0) is 26.0. The number of nitrogens with two attached hydrogens (primary N) is 1. The third-order valence-corrected chi connectivity index (χ3v) is 7.32. The number of halogens is 1. The van der Waals surface area contributed by atoms with E-state index in [1.54, 1.807) is 24.3 Å². The Labute approximate surface area is 212 Å². The first-order valence-corrected chi connectivity index (χ1v) is 13.1. The number of aromatic amines is 1. The predicted molar refractivity (Wildman–Crippen MR) is 138 cm³/mol. The Kier molecular flexibility index (Phi) is 6.57. The Morgan fingerprint density at radius 3 is 2.51 bits per heavy atom. The molecule has 3 aromatic carbocycles. The average molecular weight is 525 g/mol. The highest BCUT2D eigenvalue weighted by atomic mass is 32.2. The van der Waals surface area contributed by atoms with Gasteiger partial charge in [0.15, 0.2) is 0 Å². The lowest BCUT2D eigenvalue weighted by molar-refractivity contribution is 0.254. The summed E-state index contributed by atoms with van der Waals surface area (Å²) in [5.74, 6) is -0.574. The third-order valence-electron chi connectivity index (χ3n) is 6.06. The van der Waals surface area contributed by atoms with Gasteiger partial charge < -0.3 is 20.2 Å². The van der Waals surface area contributed by atoms with E-state index in [0.29, 0.717) is 17.1 Å². The number of benzene rings is 3. The average Bonchev–Trinajstić information content (AvgIpc) is 3.53. The molecule has 0 saturated heterocycles. The molecule has 0 radical (unpaired) electrons. The number of nitrogens with one attached hydrogen (secondary N) is 3. The van der Waals surface area contributed by atoms with Crippen LogP contribution in [0.2, 0.25) is 0 Å². The summed E-state index contributed by atoms with van der Waals surface area (Å²) in [6.07, 6.45) is 4.61. The van der Waals surface area contributed by atoms with Gasteiger partial charge in [-0.25, -0.2) is 14.2 Å². The Morgan fingerprint density at radius 2 is 1.81 bits per heavy atom. The maximum absolute atomic E-state index is 14.0. The van der Waals surface area contributed by atoms with Crippen LogP contribution in [0, 0.1) is 5.82 Å². The molecular weight excluding hydrogens is 499 g/mol. The molecule has 5 rings (SSSR count). The lowest BCUT2D eigenvalue weighted by Gasteiger charge is -2.19. The van der Waals surface area contributed by atoms with Crippen LogP contribution in [-0.2, 0) is 10.1 Å². The number of carbonyl (C=O) groups excluding carboxylic acids is 1. The number of hydrogen-bond acceptors (Lipinski definition) is 7. The second-order valence-electron chi connectivity index (χ2n) is 8.69. The molecule has 0 atom stereocenters. The van der Waals surface area contributed by atoms with Gasteiger partial charge in [0.25, 0.3) is 0 Å². The summed E-state index contributed by atoms with van der Waals surface area (Å²) in [7, 11) is -4.10. The highest BCUT2D eigenvalue weighted by Gasteiger charge is 2.21. The van der Waals surface area contributed by atoms with Crippen LogP contribution >= 0.6 is 0 Å². The third kappa shape index (κ3) is 5.43. The van der Waals surface area contributed by atoms with Gasteiger partial charge in [0.05, 0.1) is 16.7 Å². The summed E-state index contributed by atoms with van der Waals surface area (Å²) in [6.45, 7) is 0. The molecule has 5 N–H and O–H groups in total. The minimum Gasteiger partial charge on any atom is -0.382 e. The number of anilines is 3. The molecule has 1 saturated carbocycles. The molecule has 37 heavy (non-hydrogen) atoms. The fourth-order valence-corrected chi connectivity index (χ4v) is 5.14. The fourth-order valence-electron chi connectivity index (χ4n) is 4.21. The monoisotopic (exact) mass is 524 g/mol. The van der Waals surface area contributed by atoms with Crippen LogP contribution in [0.15, 0.2) is 71.6 Å². The number of para-hydroxylation sites is 1. The predicted octanol–water partition coefficient (Wildman–Crippen LogP) is 4.74. The molecule has 2 amide bonds. The standard InChI is InChI=1S/C25H25FN6O4S/c26-20-7-3-4-8-21(20)31-32(24(27)33)25-29-22-14-11-18(15-23(22)30-25)36-37(34,35)19-12-9-17(10-13-19)28-16-5-1-2-6-16/h3-4,7-16,28,31H,1-2,5-6H2,(H2,27,33)(H,29,30). The molecule has 1 aromatic heterocycles. The zero-order valence-corrected chi connectivity index (χ0v) is 20.5. The number of amides is 2. The van der Waals surface area contributed by atoms with Crippen molar-refractivity contribution in [2.45, 2.75) is 36.6 Å². The Morgan fingerprint density at radius 1 is 1.08 bits per heavy atom. The van der Waals surface area contributed by atoms with Crippen LogP contribution < -0.4 is 25.7 Å². The van der Waals surface area contributed by atoms with Crippen LogP contribution in [0.3, 0.4) is 0 Å². The number of aromatic nitrogens is 2. The van der Waals surface area contributed by atoms with Crippen molar-refractivity contribution in [3.05, 3.63) is 72.5 Å². The Balaban J connectivity index is 1.33. The molecule has 1 aliphatic carbocycles. The van der Waals surface area contributed by atoms with E-state index in [1.165, 1.54) is 55.3 Å². The Bertz CT molecular complexity index is 1530. The lowest BCUT2D eigenvalue weighted by atomic mass is 10.2. The highest BCUT2D eigenvalue weighted by Crippen LogP contribution is 2.27. The topological polar surface area (TPSA) is 142 Å². The first kappa shape index (κ1) is 24.4. The molecule has 12 heteroatoms. The number of urea groups is 1. The van der Waals surface area contributed by atoms with Crippen LogP contribution in [0.1, 0.15) is 25.7 Å². The molecule has 0 bridgehead atoms. The van der Waals surface area contributed by atoms with E-state index in [9.17, 15) is 17.6 Å². The zero-order valence-electron chi connectivity index (χ0n) is 19.6. The van der Waals surface area contributed by atoms with Crippen molar-refractivity contribution >= 4 is 44.5 Å². The second-order valence-corrected chi connectivity index (χ2v) is 10.2. The van der Waals surface area contributed by atoms with Gasteiger partial charge in [-0.3, -0.25) is 5.43 Å². The quantitative estimate of drug-likeness (QED) is 0.193. The summed E-state index contributed by atoms with van der Waals surface area (Å²) < 4.78 is 45.1. The van der Waals surface area contributed by atoms with Gasteiger partial charge in [-0.05, 0) is 61.4 Å². The number of nitrogens with zero attached hydrogens (tertiary/aromatic N) is 2. The van der Waals surface area contributed by atoms with Gasteiger partial charge in [-0.15, -0.1) is 0 Å². The summed E-state index contributed by atoms with van der Waals surface area (Å²) >= 11 is 0. The van der Waals surface area contributed by atoms with Gasteiger partial charge in [0.2, 0.25) is 5.95 Å². The molecule has 10 nitrogen and oxygen atoms in total. The molecular formula is C25H25FN6O4S. The molecule has 1 fully saturated rings. The van der Waals surface area contributed by atoms with E-state index in [4.69, 9.17) is 9.92 Å². The maximum atomic E-state index is 14.0. The van der Waals surface area contributed by atoms with Crippen molar-refractivity contribution in [1.29, 1.82) is 0 Å². The molecule has 0 unspecified atom stereocenters. The van der Waals surface area contributed by atoms with Gasteiger partial charge in [0, 0.05) is 17.8 Å². The number of fused-ring (bicyclic) bond motifs is 1. The highest BCUT2D eigenvalue weighted by molar-refractivity contribution is 7.87. The maximum Gasteiger partial charge on any atom is 0.340 e. The molecule has 1 heterocycles. The molecule has 1 aliphatic rings. The van der Waals surface area contributed by atoms with Gasteiger partial charge >= 0.3 is 16.1 Å². The van der Waals surface area contributed by atoms with Crippen molar-refractivity contribution in [3.63, 3.8) is 0 Å². The van der Waals surface area contributed by atoms with E-state index in [1.807, 2.05) is 0 Å². The molecule has 192 valence electrons. The second kappa shape index (κ2) is 9.97. The van der Waals surface area contributed by atoms with E-state index in [2.05, 4.69) is 20.7 Å². The van der Waals surface area contributed by atoms with Crippen LogP contribution in [0.5, 0.6) is 5.75 Å². The Hall–Kier alpha value is -4.32. The number of imidazole rings is 1. The first-order chi connectivity index (χ1) is 17.8. The number of H-pyrrole nitrogens is 1. The van der Waals surface area contributed by atoms with E-state index in [-0.39, 0.29) is 22.3 Å². The number of hydrazine groups is 1. The van der Waals surface area contributed by atoms with E-state index in [0.717, 1.165) is 23.5 Å². The summed E-state index contributed by atoms with van der Waals surface area (Å²) in [5, 5.41) is 4.26. The number of primary amides is 1. The normalized spacial score (nSPS) is 14.0. The summed E-state index contributed by atoms with van der Waals surface area (Å²) in [5.41, 5.74) is 9.70. The van der Waals surface area contributed by atoms with Crippen molar-refractivity contribution in [2.24, 2.45) is 5.73 Å². The SMILES string of the molecule is NC(=O)N(Nc1ccccc1F)c1nc2cc(OS(=O)(=O)c3ccc(NC4CCCC4)cc3)ccc2[nH]1. The van der Waals surface area contributed by atoms with Crippen LogP contribution in [0.25, 0.3) is 11.0 Å². The van der Waals surface area contributed by atoms with Gasteiger partial charge in [0.1, 0.15) is 16.5 Å². The van der Waals surface area contributed by atoms with Gasteiger partial charge in [-0.1, -0.05) is 25.0 Å². The van der Waals surface area contributed by atoms with Crippen molar-refractivity contribution in [2.75, 3.05) is 15.8 Å². The fraction of sp³-hybridized carbons (Fsp3) is 0.200. The number of hydrogen-bond donors (Lipinski definition) is 4. The number of carbonyl (C=O) groups is 1. The first-order valence-electron chi connectivity index (χ1n) is 11.7. The van der Waals surface area contributed by atoms with Crippen LogP contribution in [-0.4, -0.2) is 30.5 Å². The minimum absolute atomic E-state index is 0.0151. The lowest BCUT2D eigenvalue weighted by Crippen LogP contribution is -2.41. The molecule has 0 aliphatic heterocycles.